The molecule has 0 saturated carbocycles. The second-order valence-electron chi connectivity index (χ2n) is 7.83. The number of pyridine rings is 1. The number of nitrogens with one attached hydrogen (secondary N) is 1. The number of ether oxygens (including phenoxy) is 1. The van der Waals surface area contributed by atoms with Crippen LogP contribution < -0.4 is 15.6 Å². The molecule has 0 aliphatic heterocycles. The van der Waals surface area contributed by atoms with Crippen LogP contribution in [0.3, 0.4) is 0 Å². The summed E-state index contributed by atoms with van der Waals surface area (Å²) < 4.78 is 9.12. The number of aromatic nitrogens is 4. The van der Waals surface area contributed by atoms with Gasteiger partial charge >= 0.3 is 6.09 Å². The average molecular weight is 455 g/mol. The number of fused-ring (bicyclic) bond motifs is 3. The number of amides is 1. The number of hydrogen-bond acceptors (Lipinski definition) is 5. The predicted molar refractivity (Wildman–Crippen MR) is 128 cm³/mol. The molecule has 3 aromatic heterocycles. The van der Waals surface area contributed by atoms with Crippen molar-refractivity contribution in [3.63, 3.8) is 0 Å². The van der Waals surface area contributed by atoms with E-state index >= 15 is 0 Å². The smallest absolute Gasteiger partial charge is 0.410 e. The van der Waals surface area contributed by atoms with Crippen LogP contribution in [0.25, 0.3) is 21.8 Å². The van der Waals surface area contributed by atoms with Crippen molar-refractivity contribution in [2.45, 2.75) is 13.2 Å². The summed E-state index contributed by atoms with van der Waals surface area (Å²) in [5.41, 5.74) is 2.70. The van der Waals surface area contributed by atoms with Crippen LogP contribution in [0, 0.1) is 0 Å². The zero-order valence-electron chi connectivity index (χ0n) is 18.3. The summed E-state index contributed by atoms with van der Waals surface area (Å²) in [6, 6.07) is 20.6. The summed E-state index contributed by atoms with van der Waals surface area (Å²) in [5, 5.41) is 17.1. The van der Waals surface area contributed by atoms with Crippen molar-refractivity contribution in [3.05, 3.63) is 94.5 Å². The van der Waals surface area contributed by atoms with Crippen LogP contribution in [0.2, 0.25) is 0 Å². The number of carbonyl (C=O) groups is 1. The quantitative estimate of drug-likeness (QED) is 0.400. The molecule has 0 atom stereocenters. The van der Waals surface area contributed by atoms with Crippen LogP contribution >= 0.6 is 0 Å². The highest BCUT2D eigenvalue weighted by Gasteiger charge is 2.15. The van der Waals surface area contributed by atoms with Gasteiger partial charge in [0.25, 0.3) is 5.56 Å². The molecule has 0 bridgehead atoms. The molecule has 0 radical (unpaired) electrons. The van der Waals surface area contributed by atoms with Gasteiger partial charge < -0.3 is 14.4 Å². The van der Waals surface area contributed by atoms with Gasteiger partial charge in [0.15, 0.2) is 0 Å². The Labute approximate surface area is 193 Å². The molecule has 2 aromatic carbocycles. The van der Waals surface area contributed by atoms with Gasteiger partial charge in [0.2, 0.25) is 0 Å². The van der Waals surface area contributed by atoms with Crippen molar-refractivity contribution in [3.8, 4) is 5.75 Å². The summed E-state index contributed by atoms with van der Waals surface area (Å²) in [6.07, 6.45) is 0.465. The fourth-order valence-electron chi connectivity index (χ4n) is 3.98. The maximum atomic E-state index is 13.3. The van der Waals surface area contributed by atoms with Crippen LogP contribution in [-0.4, -0.2) is 30.5 Å². The lowest BCUT2D eigenvalue weighted by atomic mass is 10.2. The van der Waals surface area contributed by atoms with E-state index < -0.39 is 6.09 Å². The summed E-state index contributed by atoms with van der Waals surface area (Å²) in [6.45, 7) is 0.560. The van der Waals surface area contributed by atoms with Crippen LogP contribution in [0.1, 0.15) is 11.3 Å². The Balaban J connectivity index is 1.48. The molecule has 34 heavy (non-hydrogen) atoms. The van der Waals surface area contributed by atoms with Crippen molar-refractivity contribution < 1.29 is 14.6 Å². The van der Waals surface area contributed by atoms with Gasteiger partial charge in [0.1, 0.15) is 23.7 Å². The first-order valence-corrected chi connectivity index (χ1v) is 10.6. The van der Waals surface area contributed by atoms with Crippen LogP contribution in [0.15, 0.2) is 77.7 Å². The van der Waals surface area contributed by atoms with Crippen LogP contribution in [-0.2, 0) is 20.2 Å². The van der Waals surface area contributed by atoms with Gasteiger partial charge in [0.05, 0.1) is 24.0 Å². The van der Waals surface area contributed by atoms with Gasteiger partial charge in [-0.2, -0.15) is 5.10 Å². The maximum Gasteiger partial charge on any atom is 0.410 e. The number of anilines is 1. The highest BCUT2D eigenvalue weighted by Crippen LogP contribution is 2.29. The summed E-state index contributed by atoms with van der Waals surface area (Å²) in [5.74, 6) is 0.897. The fraction of sp³-hybridized carbons (Fsp3) is 0.120. The van der Waals surface area contributed by atoms with Crippen molar-refractivity contribution in [2.75, 3.05) is 5.32 Å². The van der Waals surface area contributed by atoms with E-state index in [1.807, 2.05) is 60.1 Å². The SMILES string of the molecule is Cn1c2cc(OCc3ccccc3)ccc2c2cnn(Cc3cccc(NC(=O)O)n3)c(=O)c21. The molecule has 0 aliphatic carbocycles. The topological polar surface area (TPSA) is 111 Å². The number of carboxylic acid groups (broad SMARTS) is 1. The average Bonchev–Trinajstić information content (AvgIpc) is 3.12. The third kappa shape index (κ3) is 4.06. The van der Waals surface area contributed by atoms with Crippen LogP contribution in [0.5, 0.6) is 5.75 Å². The van der Waals surface area contributed by atoms with E-state index in [0.29, 0.717) is 23.6 Å². The lowest BCUT2D eigenvalue weighted by Gasteiger charge is -2.07. The van der Waals surface area contributed by atoms with Crippen molar-refractivity contribution >= 4 is 33.7 Å². The Morgan fingerprint density at radius 2 is 1.88 bits per heavy atom. The fourth-order valence-corrected chi connectivity index (χ4v) is 3.98. The first-order chi connectivity index (χ1) is 16.5. The van der Waals surface area contributed by atoms with E-state index in [9.17, 15) is 9.59 Å². The molecule has 0 fully saturated rings. The third-order valence-electron chi connectivity index (χ3n) is 5.58. The van der Waals surface area contributed by atoms with Gasteiger partial charge in [-0.15, -0.1) is 0 Å². The van der Waals surface area contributed by atoms with Gasteiger partial charge in [-0.1, -0.05) is 36.4 Å². The second-order valence-corrected chi connectivity index (χ2v) is 7.83. The molecule has 170 valence electrons. The van der Waals surface area contributed by atoms with Crippen molar-refractivity contribution in [1.29, 1.82) is 0 Å². The molecule has 2 N–H and O–H groups in total. The minimum atomic E-state index is -1.20. The molecule has 9 heteroatoms. The summed E-state index contributed by atoms with van der Waals surface area (Å²) in [4.78, 5) is 28.4. The molecule has 0 aliphatic rings. The zero-order valence-corrected chi connectivity index (χ0v) is 18.3. The normalized spacial score (nSPS) is 11.1. The van der Waals surface area contributed by atoms with E-state index in [4.69, 9.17) is 9.84 Å². The molecule has 3 heterocycles. The number of nitrogens with zero attached hydrogens (tertiary/aromatic N) is 4. The van der Waals surface area contributed by atoms with E-state index in [1.165, 1.54) is 4.68 Å². The number of hydrogen-bond donors (Lipinski definition) is 2. The Bertz CT molecular complexity index is 1570. The molecule has 0 unspecified atom stereocenters. The van der Waals surface area contributed by atoms with Crippen molar-refractivity contribution in [1.82, 2.24) is 19.3 Å². The minimum absolute atomic E-state index is 0.108. The lowest BCUT2D eigenvalue weighted by Crippen LogP contribution is -2.25. The van der Waals surface area contributed by atoms with Crippen LogP contribution in [0.4, 0.5) is 10.6 Å². The Morgan fingerprint density at radius 3 is 2.68 bits per heavy atom. The van der Waals surface area contributed by atoms with E-state index in [2.05, 4.69) is 15.4 Å². The highest BCUT2D eigenvalue weighted by molar-refractivity contribution is 6.07. The molecule has 0 saturated heterocycles. The number of aryl methyl sites for hydroxylation is 1. The number of rotatable bonds is 6. The van der Waals surface area contributed by atoms with Gasteiger partial charge in [-0.25, -0.2) is 14.5 Å². The van der Waals surface area contributed by atoms with Gasteiger partial charge in [0, 0.05) is 23.9 Å². The lowest BCUT2D eigenvalue weighted by molar-refractivity contribution is 0.209. The van der Waals surface area contributed by atoms with Gasteiger partial charge in [-0.3, -0.25) is 10.1 Å². The number of benzene rings is 2. The third-order valence-corrected chi connectivity index (χ3v) is 5.58. The molecule has 5 rings (SSSR count). The van der Waals surface area contributed by atoms with E-state index in [-0.39, 0.29) is 17.9 Å². The van der Waals surface area contributed by atoms with E-state index in [0.717, 1.165) is 21.9 Å². The molecular weight excluding hydrogens is 434 g/mol. The first kappa shape index (κ1) is 21.2. The maximum absolute atomic E-state index is 13.3. The molecule has 1 amide bonds. The molecule has 5 aromatic rings. The summed E-state index contributed by atoms with van der Waals surface area (Å²) in [7, 11) is 1.84. The van der Waals surface area contributed by atoms with Gasteiger partial charge in [-0.05, 0) is 29.8 Å². The monoisotopic (exact) mass is 455 g/mol. The predicted octanol–water partition coefficient (Wildman–Crippen LogP) is 4.00. The standard InChI is InChI=1S/C25H21N5O4/c1-29-21-12-18(34-15-16-6-3-2-4-7-16)10-11-19(21)20-13-26-30(24(31)23(20)29)14-17-8-5-9-22(27-17)28-25(32)33/h2-13H,14-15H2,1H3,(H,27,28)(H,32,33). The molecule has 0 spiro atoms. The summed E-state index contributed by atoms with van der Waals surface area (Å²) >= 11 is 0. The molecule has 9 nitrogen and oxygen atoms in total. The van der Waals surface area contributed by atoms with E-state index in [1.54, 1.807) is 24.4 Å². The Hall–Kier alpha value is -4.66. The molecular formula is C25H21N5O4. The second kappa shape index (κ2) is 8.70. The minimum Gasteiger partial charge on any atom is -0.489 e. The van der Waals surface area contributed by atoms with Crippen molar-refractivity contribution in [2.24, 2.45) is 7.05 Å². The Kier molecular flexibility index (Phi) is 5.43. The zero-order chi connectivity index (χ0) is 23.7. The Morgan fingerprint density at radius 1 is 1.06 bits per heavy atom. The largest absolute Gasteiger partial charge is 0.489 e. The highest BCUT2D eigenvalue weighted by atomic mass is 16.5. The first-order valence-electron chi connectivity index (χ1n) is 10.6.